The van der Waals surface area contributed by atoms with E-state index in [2.05, 4.69) is 4.98 Å². The highest BCUT2D eigenvalue weighted by Crippen LogP contribution is 2.40. The van der Waals surface area contributed by atoms with Gasteiger partial charge in [0.2, 0.25) is 0 Å². The Labute approximate surface area is 176 Å². The zero-order valence-electron chi connectivity index (χ0n) is 14.8. The van der Waals surface area contributed by atoms with E-state index >= 15 is 0 Å². The normalized spacial score (nSPS) is 12.3. The summed E-state index contributed by atoms with van der Waals surface area (Å²) in [5, 5.41) is 0.664. The maximum atomic E-state index is 13.2. The van der Waals surface area contributed by atoms with Crippen molar-refractivity contribution in [2.45, 2.75) is 11.8 Å². The predicted molar refractivity (Wildman–Crippen MR) is 111 cm³/mol. The van der Waals surface area contributed by atoms with Crippen LogP contribution in [0, 0.1) is 0 Å². The van der Waals surface area contributed by atoms with Gasteiger partial charge in [0.1, 0.15) is 6.29 Å². The highest BCUT2D eigenvalue weighted by molar-refractivity contribution is 7.93. The van der Waals surface area contributed by atoms with E-state index in [1.807, 2.05) is 0 Å². The van der Waals surface area contributed by atoms with Gasteiger partial charge >= 0.3 is 7.60 Å². The molecule has 0 amide bonds. The molecule has 0 saturated carbocycles. The Morgan fingerprint density at radius 1 is 1.14 bits per heavy atom. The molecule has 0 aliphatic rings. The van der Waals surface area contributed by atoms with Gasteiger partial charge in [-0.3, -0.25) is 13.7 Å². The maximum absolute atomic E-state index is 13.2. The lowest BCUT2D eigenvalue weighted by atomic mass is 10.1. The van der Waals surface area contributed by atoms with Crippen molar-refractivity contribution in [2.24, 2.45) is 0 Å². The Morgan fingerprint density at radius 2 is 1.76 bits per heavy atom. The smallest absolute Gasteiger partial charge is 0.345 e. The second kappa shape index (κ2) is 7.75. The second-order valence-electron chi connectivity index (χ2n) is 6.25. The van der Waals surface area contributed by atoms with E-state index in [-0.39, 0.29) is 26.4 Å². The summed E-state index contributed by atoms with van der Waals surface area (Å²) in [7, 11) is -9.20. The van der Waals surface area contributed by atoms with E-state index in [4.69, 9.17) is 23.2 Å². The van der Waals surface area contributed by atoms with Crippen molar-refractivity contribution < 1.29 is 27.6 Å². The molecule has 8 nitrogen and oxygen atoms in total. The monoisotopic (exact) mass is 476 g/mol. The zero-order valence-corrected chi connectivity index (χ0v) is 18.1. The average Bonchev–Trinajstić information content (AvgIpc) is 3.01. The molecule has 29 heavy (non-hydrogen) atoms. The van der Waals surface area contributed by atoms with E-state index in [9.17, 15) is 27.6 Å². The molecule has 3 aromatic rings. The summed E-state index contributed by atoms with van der Waals surface area (Å²) in [5.74, 6) is -0.183. The SMILES string of the molecule is CC(=O)c1c[nH]c2cc(N(CP(=O)(O)O)S(=O)(=O)c3cc(Cl)cc(Cl)c3)ccc12. The number of hydrogen-bond donors (Lipinski definition) is 3. The van der Waals surface area contributed by atoms with Crippen molar-refractivity contribution in [1.29, 1.82) is 0 Å². The molecular formula is C17H15Cl2N2O6PS. The molecule has 0 atom stereocenters. The molecule has 3 N–H and O–H groups in total. The first-order valence-corrected chi connectivity index (χ1v) is 12.0. The molecule has 0 fully saturated rings. The number of ketones is 1. The van der Waals surface area contributed by atoms with Crippen LogP contribution in [0.25, 0.3) is 10.9 Å². The standard InChI is InChI=1S/C17H15Cl2N2O6PS/c1-10(22)16-8-20-17-7-13(2-3-15(16)17)21(9-28(23,24)25)29(26,27)14-5-11(18)4-12(19)6-14/h2-8,20H,9H2,1H3,(H2,23,24,25). The summed E-state index contributed by atoms with van der Waals surface area (Å²) in [5.41, 5.74) is 0.842. The summed E-state index contributed by atoms with van der Waals surface area (Å²) in [6.07, 6.45) is 0.389. The summed E-state index contributed by atoms with van der Waals surface area (Å²) in [6, 6.07) is 7.87. The van der Waals surface area contributed by atoms with Gasteiger partial charge in [-0.25, -0.2) is 8.42 Å². The number of carbonyl (C=O) groups is 1. The number of rotatable bonds is 6. The summed E-state index contributed by atoms with van der Waals surface area (Å²) < 4.78 is 38.6. The molecule has 0 radical (unpaired) electrons. The lowest BCUT2D eigenvalue weighted by molar-refractivity contribution is 0.101. The van der Waals surface area contributed by atoms with Crippen molar-refractivity contribution in [3.63, 3.8) is 0 Å². The van der Waals surface area contributed by atoms with Crippen LogP contribution in [0.1, 0.15) is 17.3 Å². The molecule has 1 aromatic heterocycles. The third kappa shape index (κ3) is 4.66. The number of nitrogens with zero attached hydrogens (tertiary/aromatic N) is 1. The number of carbonyl (C=O) groups excluding carboxylic acids is 1. The number of aromatic amines is 1. The molecule has 0 unspecified atom stereocenters. The molecule has 3 rings (SSSR count). The maximum Gasteiger partial charge on any atom is 0.345 e. The van der Waals surface area contributed by atoms with Crippen LogP contribution in [-0.4, -0.2) is 35.3 Å². The third-order valence-electron chi connectivity index (χ3n) is 4.07. The van der Waals surface area contributed by atoms with Gasteiger partial charge in [-0.05, 0) is 37.3 Å². The quantitative estimate of drug-likeness (QED) is 0.364. The topological polar surface area (TPSA) is 128 Å². The fourth-order valence-corrected chi connectivity index (χ4v) is 6.24. The molecule has 1 heterocycles. The van der Waals surface area contributed by atoms with E-state index in [1.165, 1.54) is 37.4 Å². The minimum atomic E-state index is -4.78. The Morgan fingerprint density at radius 3 is 2.31 bits per heavy atom. The van der Waals surface area contributed by atoms with Crippen LogP contribution in [0.15, 0.2) is 47.5 Å². The molecule has 0 aliphatic heterocycles. The highest BCUT2D eigenvalue weighted by atomic mass is 35.5. The van der Waals surface area contributed by atoms with Crippen molar-refractivity contribution in [3.05, 3.63) is 58.2 Å². The molecule has 12 heteroatoms. The molecule has 0 bridgehead atoms. The number of H-pyrrole nitrogens is 1. The van der Waals surface area contributed by atoms with Gasteiger partial charge in [0.15, 0.2) is 5.78 Å². The number of benzene rings is 2. The molecule has 0 saturated heterocycles. The first kappa shape index (κ1) is 21.8. The van der Waals surface area contributed by atoms with Crippen LogP contribution in [-0.2, 0) is 14.6 Å². The number of Topliss-reactive ketones (excluding diaryl/α,β-unsaturated/α-hetero) is 1. The van der Waals surface area contributed by atoms with Crippen molar-refractivity contribution in [3.8, 4) is 0 Å². The predicted octanol–water partition coefficient (Wildman–Crippen LogP) is 4.01. The van der Waals surface area contributed by atoms with Gasteiger partial charge in [0.25, 0.3) is 10.0 Å². The van der Waals surface area contributed by atoms with E-state index in [0.717, 1.165) is 12.1 Å². The number of anilines is 1. The number of sulfonamides is 1. The van der Waals surface area contributed by atoms with Crippen molar-refractivity contribution in [1.82, 2.24) is 4.98 Å². The van der Waals surface area contributed by atoms with Gasteiger partial charge in [-0.15, -0.1) is 0 Å². The number of hydrogen-bond acceptors (Lipinski definition) is 4. The number of aromatic nitrogens is 1. The zero-order chi connectivity index (χ0) is 21.6. The summed E-state index contributed by atoms with van der Waals surface area (Å²) >= 11 is 11.8. The van der Waals surface area contributed by atoms with Gasteiger partial charge in [-0.1, -0.05) is 29.3 Å². The van der Waals surface area contributed by atoms with Crippen LogP contribution in [0.4, 0.5) is 5.69 Å². The number of halogens is 2. The minimum absolute atomic E-state index is 0.00567. The van der Waals surface area contributed by atoms with Crippen LogP contribution in [0.5, 0.6) is 0 Å². The second-order valence-corrected chi connectivity index (χ2v) is 10.6. The molecule has 0 aliphatic carbocycles. The Hall–Kier alpha value is -1.87. The fourth-order valence-electron chi connectivity index (χ4n) is 2.83. The van der Waals surface area contributed by atoms with Crippen LogP contribution >= 0.6 is 30.8 Å². The lowest BCUT2D eigenvalue weighted by Gasteiger charge is -2.25. The van der Waals surface area contributed by atoms with Gasteiger partial charge < -0.3 is 14.8 Å². The minimum Gasteiger partial charge on any atom is -0.360 e. The van der Waals surface area contributed by atoms with E-state index < -0.39 is 23.9 Å². The summed E-state index contributed by atoms with van der Waals surface area (Å²) in [6.45, 7) is 1.39. The lowest BCUT2D eigenvalue weighted by Crippen LogP contribution is -2.32. The number of nitrogens with one attached hydrogen (secondary N) is 1. The molecule has 154 valence electrons. The first-order valence-electron chi connectivity index (χ1n) is 8.04. The van der Waals surface area contributed by atoms with Crippen molar-refractivity contribution in [2.75, 3.05) is 10.6 Å². The van der Waals surface area contributed by atoms with Crippen LogP contribution in [0.2, 0.25) is 10.0 Å². The van der Waals surface area contributed by atoms with E-state index in [1.54, 1.807) is 0 Å². The van der Waals surface area contributed by atoms with E-state index in [0.29, 0.717) is 20.8 Å². The molecule has 2 aromatic carbocycles. The Kier molecular flexibility index (Phi) is 5.84. The van der Waals surface area contributed by atoms with Gasteiger partial charge in [0.05, 0.1) is 10.6 Å². The van der Waals surface area contributed by atoms with Crippen LogP contribution < -0.4 is 4.31 Å². The Bertz CT molecular complexity index is 1250. The largest absolute Gasteiger partial charge is 0.360 e. The third-order valence-corrected chi connectivity index (χ3v) is 7.10. The fraction of sp³-hybridized carbons (Fsp3) is 0.118. The first-order chi connectivity index (χ1) is 13.4. The summed E-state index contributed by atoms with van der Waals surface area (Å²) in [4.78, 5) is 33.1. The van der Waals surface area contributed by atoms with Crippen molar-refractivity contribution >= 4 is 63.2 Å². The van der Waals surface area contributed by atoms with Gasteiger partial charge in [-0.2, -0.15) is 0 Å². The Balaban J connectivity index is 2.18. The van der Waals surface area contributed by atoms with Gasteiger partial charge in [0, 0.05) is 32.7 Å². The molecule has 0 spiro atoms. The highest BCUT2D eigenvalue weighted by Gasteiger charge is 2.32. The number of fused-ring (bicyclic) bond motifs is 1. The molecular weight excluding hydrogens is 462 g/mol. The van der Waals surface area contributed by atoms with Crippen LogP contribution in [0.3, 0.4) is 0 Å². The average molecular weight is 477 g/mol.